The molecule has 1 aromatic carbocycles. The first kappa shape index (κ1) is 15.3. The maximum absolute atomic E-state index is 12.7. The van der Waals surface area contributed by atoms with Gasteiger partial charge in [-0.15, -0.1) is 0 Å². The fourth-order valence-corrected chi connectivity index (χ4v) is 3.31. The quantitative estimate of drug-likeness (QED) is 0.889. The first-order chi connectivity index (χ1) is 10.8. The fourth-order valence-electron chi connectivity index (χ4n) is 3.31. The maximum Gasteiger partial charge on any atom is 0.239 e. The van der Waals surface area contributed by atoms with Crippen LogP contribution in [0.1, 0.15) is 6.92 Å². The average Bonchev–Trinajstić information content (AvgIpc) is 2.62. The van der Waals surface area contributed by atoms with E-state index in [0.717, 1.165) is 52.4 Å². The number of carbonyl (C=O) groups is 1. The van der Waals surface area contributed by atoms with E-state index in [1.165, 1.54) is 5.69 Å². The van der Waals surface area contributed by atoms with E-state index in [9.17, 15) is 4.79 Å². The van der Waals surface area contributed by atoms with Gasteiger partial charge in [-0.1, -0.05) is 18.2 Å². The van der Waals surface area contributed by atoms with Gasteiger partial charge in [0.2, 0.25) is 5.91 Å². The number of para-hydroxylation sites is 1. The highest BCUT2D eigenvalue weighted by Gasteiger charge is 2.29. The van der Waals surface area contributed by atoms with Crippen LogP contribution in [-0.2, 0) is 4.79 Å². The zero-order valence-corrected chi connectivity index (χ0v) is 13.4. The minimum absolute atomic E-state index is 0.00498. The molecule has 2 aliphatic rings. The lowest BCUT2D eigenvalue weighted by molar-refractivity contribution is -0.137. The summed E-state index contributed by atoms with van der Waals surface area (Å²) in [7, 11) is 0. The summed E-state index contributed by atoms with van der Waals surface area (Å²) in [5.41, 5.74) is 1.25. The summed E-state index contributed by atoms with van der Waals surface area (Å²) in [6, 6.07) is 10.5. The van der Waals surface area contributed by atoms with Gasteiger partial charge in [-0.25, -0.2) is 0 Å². The normalized spacial score (nSPS) is 21.7. The number of amides is 1. The molecular weight excluding hydrogens is 276 g/mol. The highest BCUT2D eigenvalue weighted by Crippen LogP contribution is 2.16. The molecule has 0 radical (unpaired) electrons. The smallest absolute Gasteiger partial charge is 0.239 e. The van der Waals surface area contributed by atoms with Gasteiger partial charge in [-0.3, -0.25) is 9.69 Å². The van der Waals surface area contributed by atoms with Crippen molar-refractivity contribution >= 4 is 11.6 Å². The van der Waals surface area contributed by atoms with Crippen molar-refractivity contribution in [2.24, 2.45) is 0 Å². The molecule has 1 unspecified atom stereocenters. The summed E-state index contributed by atoms with van der Waals surface area (Å²) in [6.07, 6.45) is 0. The van der Waals surface area contributed by atoms with E-state index in [-0.39, 0.29) is 11.9 Å². The number of carbonyl (C=O) groups excluding carboxylic acids is 1. The third-order valence-electron chi connectivity index (χ3n) is 4.77. The Morgan fingerprint density at radius 2 is 1.64 bits per heavy atom. The highest BCUT2D eigenvalue weighted by molar-refractivity contribution is 5.81. The zero-order valence-electron chi connectivity index (χ0n) is 13.4. The minimum Gasteiger partial charge on any atom is -0.368 e. The van der Waals surface area contributed by atoms with Crippen molar-refractivity contribution in [3.05, 3.63) is 30.3 Å². The Morgan fingerprint density at radius 1 is 1.00 bits per heavy atom. The average molecular weight is 302 g/mol. The largest absolute Gasteiger partial charge is 0.368 e. The molecule has 1 atom stereocenters. The number of hydrogen-bond acceptors (Lipinski definition) is 4. The van der Waals surface area contributed by atoms with E-state index in [2.05, 4.69) is 46.3 Å². The summed E-state index contributed by atoms with van der Waals surface area (Å²) in [5, 5.41) is 3.34. The second kappa shape index (κ2) is 7.11. The second-order valence-corrected chi connectivity index (χ2v) is 6.11. The van der Waals surface area contributed by atoms with E-state index in [1.54, 1.807) is 0 Å². The molecule has 2 saturated heterocycles. The molecular formula is C17H26N4O. The Labute approximate surface area is 132 Å². The third-order valence-corrected chi connectivity index (χ3v) is 4.77. The van der Waals surface area contributed by atoms with Crippen LogP contribution in [0.15, 0.2) is 30.3 Å². The Kier molecular flexibility index (Phi) is 4.95. The van der Waals surface area contributed by atoms with Gasteiger partial charge in [0.15, 0.2) is 0 Å². The Morgan fingerprint density at radius 3 is 2.27 bits per heavy atom. The van der Waals surface area contributed by atoms with Crippen LogP contribution < -0.4 is 10.2 Å². The molecule has 1 aromatic rings. The lowest BCUT2D eigenvalue weighted by Gasteiger charge is -2.39. The predicted octanol–water partition coefficient (Wildman–Crippen LogP) is 0.629. The topological polar surface area (TPSA) is 38.8 Å². The van der Waals surface area contributed by atoms with Crippen molar-refractivity contribution in [2.45, 2.75) is 13.0 Å². The standard InChI is InChI=1S/C17H26N4O/c1-15(19-9-7-18-8-10-19)17(22)21-13-11-20(12-14-21)16-5-3-2-4-6-16/h2-6,15,18H,7-14H2,1H3. The predicted molar refractivity (Wildman–Crippen MR) is 89.1 cm³/mol. The van der Waals surface area contributed by atoms with Crippen molar-refractivity contribution in [2.75, 3.05) is 57.3 Å². The molecule has 120 valence electrons. The molecule has 0 saturated carbocycles. The summed E-state index contributed by atoms with van der Waals surface area (Å²) in [4.78, 5) is 19.4. The first-order valence-electron chi connectivity index (χ1n) is 8.29. The van der Waals surface area contributed by atoms with Gasteiger partial charge in [-0.05, 0) is 19.1 Å². The number of piperazine rings is 2. The lowest BCUT2D eigenvalue weighted by Crippen LogP contribution is -2.57. The van der Waals surface area contributed by atoms with Crippen molar-refractivity contribution in [3.63, 3.8) is 0 Å². The summed E-state index contributed by atoms with van der Waals surface area (Å²) in [6.45, 7) is 9.45. The summed E-state index contributed by atoms with van der Waals surface area (Å²) < 4.78 is 0. The fraction of sp³-hybridized carbons (Fsp3) is 0.588. The summed E-state index contributed by atoms with van der Waals surface area (Å²) in [5.74, 6) is 0.287. The van der Waals surface area contributed by atoms with Crippen LogP contribution in [-0.4, -0.2) is 74.1 Å². The van der Waals surface area contributed by atoms with E-state index >= 15 is 0 Å². The van der Waals surface area contributed by atoms with Crippen molar-refractivity contribution in [3.8, 4) is 0 Å². The van der Waals surface area contributed by atoms with Crippen molar-refractivity contribution in [1.82, 2.24) is 15.1 Å². The minimum atomic E-state index is 0.00498. The summed E-state index contributed by atoms with van der Waals surface area (Å²) >= 11 is 0. The van der Waals surface area contributed by atoms with E-state index in [1.807, 2.05) is 11.0 Å². The number of nitrogens with one attached hydrogen (secondary N) is 1. The van der Waals surface area contributed by atoms with Gasteiger partial charge < -0.3 is 15.1 Å². The van der Waals surface area contributed by atoms with E-state index in [0.29, 0.717) is 0 Å². The molecule has 0 spiro atoms. The molecule has 5 heteroatoms. The van der Waals surface area contributed by atoms with Crippen LogP contribution in [0, 0.1) is 0 Å². The maximum atomic E-state index is 12.7. The third kappa shape index (κ3) is 3.42. The molecule has 2 fully saturated rings. The number of hydrogen-bond donors (Lipinski definition) is 1. The van der Waals surface area contributed by atoms with Gasteiger partial charge in [0, 0.05) is 58.0 Å². The molecule has 2 aliphatic heterocycles. The molecule has 2 heterocycles. The van der Waals surface area contributed by atoms with Crippen LogP contribution in [0.2, 0.25) is 0 Å². The first-order valence-corrected chi connectivity index (χ1v) is 8.29. The monoisotopic (exact) mass is 302 g/mol. The number of nitrogens with zero attached hydrogens (tertiary/aromatic N) is 3. The van der Waals surface area contributed by atoms with E-state index < -0.39 is 0 Å². The molecule has 1 N–H and O–H groups in total. The Hall–Kier alpha value is -1.59. The highest BCUT2D eigenvalue weighted by atomic mass is 16.2. The number of anilines is 1. The van der Waals surface area contributed by atoms with E-state index in [4.69, 9.17) is 0 Å². The van der Waals surface area contributed by atoms with Crippen LogP contribution in [0.3, 0.4) is 0 Å². The second-order valence-electron chi connectivity index (χ2n) is 6.11. The van der Waals surface area contributed by atoms with Crippen LogP contribution >= 0.6 is 0 Å². The van der Waals surface area contributed by atoms with Crippen molar-refractivity contribution in [1.29, 1.82) is 0 Å². The molecule has 3 rings (SSSR count). The molecule has 1 amide bonds. The van der Waals surface area contributed by atoms with Gasteiger partial charge in [0.05, 0.1) is 6.04 Å². The Balaban J connectivity index is 1.53. The molecule has 0 aromatic heterocycles. The van der Waals surface area contributed by atoms with Gasteiger partial charge in [-0.2, -0.15) is 0 Å². The zero-order chi connectivity index (χ0) is 15.4. The molecule has 0 bridgehead atoms. The Bertz CT molecular complexity index is 479. The van der Waals surface area contributed by atoms with Crippen LogP contribution in [0.4, 0.5) is 5.69 Å². The van der Waals surface area contributed by atoms with Gasteiger partial charge >= 0.3 is 0 Å². The van der Waals surface area contributed by atoms with Crippen molar-refractivity contribution < 1.29 is 4.79 Å². The molecule has 5 nitrogen and oxygen atoms in total. The SMILES string of the molecule is CC(C(=O)N1CCN(c2ccccc2)CC1)N1CCNCC1. The molecule has 0 aliphatic carbocycles. The molecule has 22 heavy (non-hydrogen) atoms. The van der Waals surface area contributed by atoms with Gasteiger partial charge in [0.1, 0.15) is 0 Å². The van der Waals surface area contributed by atoms with Crippen LogP contribution in [0.5, 0.6) is 0 Å². The van der Waals surface area contributed by atoms with Gasteiger partial charge in [0.25, 0.3) is 0 Å². The number of benzene rings is 1. The van der Waals surface area contributed by atoms with Crippen LogP contribution in [0.25, 0.3) is 0 Å². The number of rotatable bonds is 3. The lowest BCUT2D eigenvalue weighted by atomic mass is 10.2.